The van der Waals surface area contributed by atoms with Crippen LogP contribution in [0.25, 0.3) is 22.0 Å². The van der Waals surface area contributed by atoms with E-state index < -0.39 is 0 Å². The number of pyridine rings is 1. The summed E-state index contributed by atoms with van der Waals surface area (Å²) >= 11 is 6.53. The Morgan fingerprint density at radius 2 is 1.80 bits per heavy atom. The van der Waals surface area contributed by atoms with Crippen molar-refractivity contribution < 1.29 is 5.11 Å². The minimum atomic E-state index is 0. The highest BCUT2D eigenvalue weighted by Crippen LogP contribution is 2.32. The number of piperazine rings is 1. The SMILES string of the molecule is CCN1CCN(c2nc(-c3ccc(CCCO)c(Cl)c3)cc3ccccc23)CC1.Cl. The number of aromatic nitrogens is 1. The first kappa shape index (κ1) is 22.8. The molecule has 0 amide bonds. The lowest BCUT2D eigenvalue weighted by atomic mass is 10.0. The molecule has 1 aliphatic rings. The number of anilines is 1. The number of hydrogen-bond donors (Lipinski definition) is 1. The largest absolute Gasteiger partial charge is 0.396 e. The number of aryl methyl sites for hydroxylation is 1. The van der Waals surface area contributed by atoms with Crippen molar-refractivity contribution in [2.45, 2.75) is 19.8 Å². The number of fused-ring (bicyclic) bond motifs is 1. The number of aliphatic hydroxyl groups excluding tert-OH is 1. The molecule has 0 radical (unpaired) electrons. The van der Waals surface area contributed by atoms with Gasteiger partial charge in [-0.1, -0.05) is 54.9 Å². The third-order valence-electron chi connectivity index (χ3n) is 5.79. The third-order valence-corrected chi connectivity index (χ3v) is 6.14. The zero-order valence-electron chi connectivity index (χ0n) is 17.4. The summed E-state index contributed by atoms with van der Waals surface area (Å²) in [5.41, 5.74) is 3.05. The van der Waals surface area contributed by atoms with Gasteiger partial charge in [-0.3, -0.25) is 0 Å². The minimum absolute atomic E-state index is 0. The number of benzene rings is 2. The molecule has 4 rings (SSSR count). The van der Waals surface area contributed by atoms with Gasteiger partial charge in [0.15, 0.2) is 0 Å². The summed E-state index contributed by atoms with van der Waals surface area (Å²) < 4.78 is 0. The predicted molar refractivity (Wildman–Crippen MR) is 129 cm³/mol. The van der Waals surface area contributed by atoms with Crippen LogP contribution in [-0.4, -0.2) is 54.3 Å². The zero-order valence-corrected chi connectivity index (χ0v) is 18.9. The standard InChI is InChI=1S/C24H28ClN3O.ClH/c1-2-27-11-13-28(14-12-27)24-21-8-4-3-6-19(21)17-23(26-24)20-10-9-18(7-5-15-29)22(25)16-20;/h3-4,6,8-10,16-17,29H,2,5,7,11-15H2,1H3;1H. The first-order valence-electron chi connectivity index (χ1n) is 10.5. The molecule has 160 valence electrons. The lowest BCUT2D eigenvalue weighted by Crippen LogP contribution is -2.46. The topological polar surface area (TPSA) is 39.6 Å². The molecule has 1 aromatic heterocycles. The highest BCUT2D eigenvalue weighted by atomic mass is 35.5. The summed E-state index contributed by atoms with van der Waals surface area (Å²) in [5.74, 6) is 1.06. The molecule has 0 spiro atoms. The van der Waals surface area contributed by atoms with Gasteiger partial charge in [0, 0.05) is 48.8 Å². The van der Waals surface area contributed by atoms with E-state index in [9.17, 15) is 0 Å². The Kier molecular flexibility index (Phi) is 7.95. The molecule has 4 nitrogen and oxygen atoms in total. The fourth-order valence-corrected chi connectivity index (χ4v) is 4.30. The number of likely N-dealkylation sites (N-methyl/N-ethyl adjacent to an activating group) is 1. The van der Waals surface area contributed by atoms with Gasteiger partial charge in [0.05, 0.1) is 5.69 Å². The van der Waals surface area contributed by atoms with Crippen molar-refractivity contribution >= 4 is 40.6 Å². The minimum Gasteiger partial charge on any atom is -0.396 e. The molecular formula is C24H29Cl2N3O. The van der Waals surface area contributed by atoms with Crippen LogP contribution in [0.5, 0.6) is 0 Å². The van der Waals surface area contributed by atoms with E-state index in [-0.39, 0.29) is 19.0 Å². The zero-order chi connectivity index (χ0) is 20.2. The van der Waals surface area contributed by atoms with E-state index >= 15 is 0 Å². The maximum atomic E-state index is 9.08. The lowest BCUT2D eigenvalue weighted by Gasteiger charge is -2.35. The predicted octanol–water partition coefficient (Wildman–Crippen LogP) is 5.04. The maximum absolute atomic E-state index is 9.08. The number of nitrogens with zero attached hydrogens (tertiary/aromatic N) is 3. The molecule has 1 aliphatic heterocycles. The Bertz CT molecular complexity index is 987. The molecule has 1 N–H and O–H groups in total. The Morgan fingerprint density at radius 1 is 1.03 bits per heavy atom. The monoisotopic (exact) mass is 445 g/mol. The van der Waals surface area contributed by atoms with Crippen LogP contribution in [0, 0.1) is 0 Å². The molecule has 1 saturated heterocycles. The fraction of sp³-hybridized carbons (Fsp3) is 0.375. The Balaban J connectivity index is 0.00000256. The van der Waals surface area contributed by atoms with E-state index in [2.05, 4.69) is 59.2 Å². The highest BCUT2D eigenvalue weighted by molar-refractivity contribution is 6.31. The van der Waals surface area contributed by atoms with Crippen LogP contribution >= 0.6 is 24.0 Å². The van der Waals surface area contributed by atoms with Crippen LogP contribution in [0.4, 0.5) is 5.82 Å². The van der Waals surface area contributed by atoms with Crippen LogP contribution in [0.2, 0.25) is 5.02 Å². The van der Waals surface area contributed by atoms with Crippen molar-refractivity contribution in [3.63, 3.8) is 0 Å². The van der Waals surface area contributed by atoms with E-state index in [1.165, 1.54) is 10.8 Å². The van der Waals surface area contributed by atoms with Crippen LogP contribution in [0.15, 0.2) is 48.5 Å². The van der Waals surface area contributed by atoms with Crippen molar-refractivity contribution in [1.29, 1.82) is 0 Å². The average molecular weight is 446 g/mol. The van der Waals surface area contributed by atoms with Gasteiger partial charge >= 0.3 is 0 Å². The second-order valence-electron chi connectivity index (χ2n) is 7.61. The highest BCUT2D eigenvalue weighted by Gasteiger charge is 2.20. The molecular weight excluding hydrogens is 417 g/mol. The number of hydrogen-bond acceptors (Lipinski definition) is 4. The summed E-state index contributed by atoms with van der Waals surface area (Å²) in [4.78, 5) is 9.98. The van der Waals surface area contributed by atoms with Gasteiger partial charge in [-0.25, -0.2) is 4.98 Å². The summed E-state index contributed by atoms with van der Waals surface area (Å²) in [7, 11) is 0. The number of halogens is 2. The molecule has 3 aromatic rings. The summed E-state index contributed by atoms with van der Waals surface area (Å²) in [6.45, 7) is 7.63. The smallest absolute Gasteiger partial charge is 0.137 e. The van der Waals surface area contributed by atoms with Gasteiger partial charge in [0.2, 0.25) is 0 Å². The third kappa shape index (κ3) is 4.89. The van der Waals surface area contributed by atoms with Gasteiger partial charge < -0.3 is 14.9 Å². The molecule has 30 heavy (non-hydrogen) atoms. The fourth-order valence-electron chi connectivity index (χ4n) is 4.02. The lowest BCUT2D eigenvalue weighted by molar-refractivity contribution is 0.271. The Labute approximate surface area is 189 Å². The van der Waals surface area contributed by atoms with E-state index in [1.54, 1.807) is 0 Å². The molecule has 6 heteroatoms. The van der Waals surface area contributed by atoms with E-state index in [0.717, 1.165) is 73.2 Å². The number of rotatable bonds is 6. The average Bonchev–Trinajstić information content (AvgIpc) is 2.77. The summed E-state index contributed by atoms with van der Waals surface area (Å²) in [6.07, 6.45) is 1.51. The Morgan fingerprint density at radius 3 is 2.50 bits per heavy atom. The van der Waals surface area contributed by atoms with E-state index in [4.69, 9.17) is 21.7 Å². The van der Waals surface area contributed by atoms with Gasteiger partial charge in [-0.2, -0.15) is 0 Å². The second-order valence-corrected chi connectivity index (χ2v) is 8.01. The van der Waals surface area contributed by atoms with Crippen molar-refractivity contribution in [3.8, 4) is 11.3 Å². The molecule has 0 bridgehead atoms. The maximum Gasteiger partial charge on any atom is 0.137 e. The van der Waals surface area contributed by atoms with Crippen LogP contribution < -0.4 is 4.90 Å². The first-order valence-corrected chi connectivity index (χ1v) is 10.8. The summed E-state index contributed by atoms with van der Waals surface area (Å²) in [5, 5.41) is 12.2. The van der Waals surface area contributed by atoms with Gasteiger partial charge in [-0.15, -0.1) is 12.4 Å². The quantitative estimate of drug-likeness (QED) is 0.576. The molecule has 0 aliphatic carbocycles. The molecule has 2 aromatic carbocycles. The van der Waals surface area contributed by atoms with Crippen molar-refractivity contribution in [2.24, 2.45) is 0 Å². The van der Waals surface area contributed by atoms with Gasteiger partial charge in [0.25, 0.3) is 0 Å². The van der Waals surface area contributed by atoms with Crippen molar-refractivity contribution in [2.75, 3.05) is 44.2 Å². The Hall–Kier alpha value is -1.85. The van der Waals surface area contributed by atoms with Crippen LogP contribution in [0.3, 0.4) is 0 Å². The molecule has 0 atom stereocenters. The molecule has 2 heterocycles. The number of aliphatic hydroxyl groups is 1. The second kappa shape index (κ2) is 10.5. The summed E-state index contributed by atoms with van der Waals surface area (Å²) in [6, 6.07) is 16.8. The normalized spacial score (nSPS) is 14.7. The first-order chi connectivity index (χ1) is 14.2. The molecule has 0 unspecified atom stereocenters. The van der Waals surface area contributed by atoms with Crippen LogP contribution in [-0.2, 0) is 6.42 Å². The van der Waals surface area contributed by atoms with E-state index in [1.807, 2.05) is 6.07 Å². The van der Waals surface area contributed by atoms with Gasteiger partial charge in [0.1, 0.15) is 5.82 Å². The molecule has 1 fully saturated rings. The van der Waals surface area contributed by atoms with Crippen molar-refractivity contribution in [1.82, 2.24) is 9.88 Å². The van der Waals surface area contributed by atoms with Gasteiger partial charge in [-0.05, 0) is 42.5 Å². The van der Waals surface area contributed by atoms with Crippen molar-refractivity contribution in [3.05, 3.63) is 59.1 Å². The van der Waals surface area contributed by atoms with E-state index in [0.29, 0.717) is 0 Å². The molecule has 0 saturated carbocycles. The van der Waals surface area contributed by atoms with Crippen LogP contribution in [0.1, 0.15) is 18.9 Å².